The van der Waals surface area contributed by atoms with Gasteiger partial charge in [-0.05, 0) is 63.1 Å². The standard InChI is InChI=1S/C23H34N2O2/c26-20-16-19(17-20)21(18-10-4-1-5-11-18)24-22(27)23(12-6-2-7-13-23)25-14-8-3-9-15-25/h1,4-5,10-11,19-21,26H,2-3,6-9,12-17H2,(H,24,27). The molecule has 0 radical (unpaired) electrons. The minimum atomic E-state index is -0.311. The first-order chi connectivity index (χ1) is 13.2. The maximum atomic E-state index is 13.7. The average molecular weight is 371 g/mol. The summed E-state index contributed by atoms with van der Waals surface area (Å²) in [5, 5.41) is 13.3. The van der Waals surface area contributed by atoms with Gasteiger partial charge < -0.3 is 10.4 Å². The van der Waals surface area contributed by atoms with Gasteiger partial charge in [0, 0.05) is 0 Å². The summed E-state index contributed by atoms with van der Waals surface area (Å²) in [7, 11) is 0. The van der Waals surface area contributed by atoms with E-state index in [4.69, 9.17) is 0 Å². The van der Waals surface area contributed by atoms with Crippen molar-refractivity contribution in [3.8, 4) is 0 Å². The summed E-state index contributed by atoms with van der Waals surface area (Å²) in [6, 6.07) is 10.4. The molecule has 1 heterocycles. The monoisotopic (exact) mass is 370 g/mol. The Balaban J connectivity index is 1.56. The number of benzene rings is 1. The highest BCUT2D eigenvalue weighted by molar-refractivity contribution is 5.87. The van der Waals surface area contributed by atoms with Gasteiger partial charge in [-0.1, -0.05) is 56.0 Å². The van der Waals surface area contributed by atoms with Gasteiger partial charge in [-0.25, -0.2) is 0 Å². The molecular weight excluding hydrogens is 336 g/mol. The summed E-state index contributed by atoms with van der Waals surface area (Å²) in [4.78, 5) is 16.2. The number of aliphatic hydroxyl groups excluding tert-OH is 1. The van der Waals surface area contributed by atoms with Gasteiger partial charge in [0.05, 0.1) is 12.1 Å². The van der Waals surface area contributed by atoms with Crippen LogP contribution in [0.5, 0.6) is 0 Å². The maximum absolute atomic E-state index is 13.7. The van der Waals surface area contributed by atoms with Gasteiger partial charge in [0.2, 0.25) is 5.91 Å². The van der Waals surface area contributed by atoms with Crippen LogP contribution < -0.4 is 5.32 Å². The molecule has 2 aliphatic carbocycles. The van der Waals surface area contributed by atoms with Crippen molar-refractivity contribution in [3.63, 3.8) is 0 Å². The van der Waals surface area contributed by atoms with Crippen LogP contribution in [-0.4, -0.2) is 40.6 Å². The van der Waals surface area contributed by atoms with Crippen molar-refractivity contribution in [2.45, 2.75) is 81.9 Å². The van der Waals surface area contributed by atoms with E-state index in [1.807, 2.05) is 18.2 Å². The van der Waals surface area contributed by atoms with Gasteiger partial charge >= 0.3 is 0 Å². The minimum Gasteiger partial charge on any atom is -0.393 e. The zero-order valence-corrected chi connectivity index (χ0v) is 16.4. The van der Waals surface area contributed by atoms with Crippen molar-refractivity contribution in [1.29, 1.82) is 0 Å². The molecule has 4 heteroatoms. The molecular formula is C23H34N2O2. The molecule has 1 aromatic rings. The van der Waals surface area contributed by atoms with Crippen LogP contribution >= 0.6 is 0 Å². The molecule has 3 fully saturated rings. The van der Waals surface area contributed by atoms with Crippen molar-refractivity contribution in [1.82, 2.24) is 10.2 Å². The molecule has 0 bridgehead atoms. The summed E-state index contributed by atoms with van der Waals surface area (Å²) in [5.74, 6) is 0.577. The van der Waals surface area contributed by atoms with Gasteiger partial charge in [0.15, 0.2) is 0 Å². The molecule has 3 aliphatic rings. The van der Waals surface area contributed by atoms with Crippen LogP contribution in [0.4, 0.5) is 0 Å². The summed E-state index contributed by atoms with van der Waals surface area (Å²) < 4.78 is 0. The highest BCUT2D eigenvalue weighted by Gasteiger charge is 2.46. The second-order valence-electron chi connectivity index (χ2n) is 8.89. The molecule has 1 unspecified atom stereocenters. The first-order valence-electron chi connectivity index (χ1n) is 11.0. The van der Waals surface area contributed by atoms with Crippen LogP contribution in [0.1, 0.15) is 75.8 Å². The number of carbonyl (C=O) groups excluding carboxylic acids is 1. The van der Waals surface area contributed by atoms with Crippen LogP contribution in [0.2, 0.25) is 0 Å². The van der Waals surface area contributed by atoms with Crippen molar-refractivity contribution >= 4 is 5.91 Å². The quantitative estimate of drug-likeness (QED) is 0.829. The predicted octanol–water partition coefficient (Wildman–Crippen LogP) is 3.80. The Kier molecular flexibility index (Phi) is 5.84. The normalized spacial score (nSPS) is 29.5. The molecule has 0 aromatic heterocycles. The van der Waals surface area contributed by atoms with Crippen LogP contribution in [0.15, 0.2) is 30.3 Å². The van der Waals surface area contributed by atoms with Crippen LogP contribution in [-0.2, 0) is 4.79 Å². The molecule has 1 amide bonds. The largest absolute Gasteiger partial charge is 0.393 e. The zero-order chi connectivity index (χ0) is 18.7. The minimum absolute atomic E-state index is 0.0192. The fourth-order valence-corrected chi connectivity index (χ4v) is 5.46. The third-order valence-corrected chi connectivity index (χ3v) is 7.13. The second kappa shape index (κ2) is 8.32. The summed E-state index contributed by atoms with van der Waals surface area (Å²) in [6.45, 7) is 2.12. The molecule has 2 saturated carbocycles. The maximum Gasteiger partial charge on any atom is 0.241 e. The van der Waals surface area contributed by atoms with E-state index < -0.39 is 0 Å². The SMILES string of the molecule is O=C(NC(c1ccccc1)C1CC(O)C1)C1(N2CCCCC2)CCCCC1. The van der Waals surface area contributed by atoms with Crippen LogP contribution in [0.25, 0.3) is 0 Å². The summed E-state index contributed by atoms with van der Waals surface area (Å²) in [5.41, 5.74) is 0.862. The van der Waals surface area contributed by atoms with Crippen molar-refractivity contribution in [3.05, 3.63) is 35.9 Å². The second-order valence-corrected chi connectivity index (χ2v) is 8.89. The first-order valence-corrected chi connectivity index (χ1v) is 11.0. The number of carbonyl (C=O) groups is 1. The van der Waals surface area contributed by atoms with E-state index in [1.54, 1.807) is 0 Å². The Bertz CT molecular complexity index is 615. The van der Waals surface area contributed by atoms with Gasteiger partial charge in [-0.15, -0.1) is 0 Å². The summed E-state index contributed by atoms with van der Waals surface area (Å²) in [6.07, 6.45) is 10.6. The van der Waals surface area contributed by atoms with Crippen LogP contribution in [0, 0.1) is 5.92 Å². The fourth-order valence-electron chi connectivity index (χ4n) is 5.46. The Morgan fingerprint density at radius 2 is 1.63 bits per heavy atom. The molecule has 148 valence electrons. The number of likely N-dealkylation sites (tertiary alicyclic amines) is 1. The van der Waals surface area contributed by atoms with Gasteiger partial charge in [-0.2, -0.15) is 0 Å². The summed E-state index contributed by atoms with van der Waals surface area (Å²) >= 11 is 0. The van der Waals surface area contributed by atoms with E-state index in [2.05, 4.69) is 22.3 Å². The van der Waals surface area contributed by atoms with Crippen molar-refractivity contribution in [2.24, 2.45) is 5.92 Å². The molecule has 1 saturated heterocycles. The topological polar surface area (TPSA) is 52.6 Å². The Morgan fingerprint density at radius 1 is 1.00 bits per heavy atom. The van der Waals surface area contributed by atoms with E-state index in [9.17, 15) is 9.90 Å². The smallest absolute Gasteiger partial charge is 0.241 e. The number of hydrogen-bond donors (Lipinski definition) is 2. The number of amides is 1. The number of aliphatic hydroxyl groups is 1. The van der Waals surface area contributed by atoms with E-state index in [0.29, 0.717) is 5.92 Å². The molecule has 4 rings (SSSR count). The number of nitrogens with zero attached hydrogens (tertiary/aromatic N) is 1. The third kappa shape index (κ3) is 3.93. The Hall–Kier alpha value is -1.39. The number of hydrogen-bond acceptors (Lipinski definition) is 3. The van der Waals surface area contributed by atoms with E-state index in [1.165, 1.54) is 31.2 Å². The third-order valence-electron chi connectivity index (χ3n) is 7.13. The van der Waals surface area contributed by atoms with Crippen LogP contribution in [0.3, 0.4) is 0 Å². The lowest BCUT2D eigenvalue weighted by Gasteiger charge is -2.48. The van der Waals surface area contributed by atoms with Crippen molar-refractivity contribution < 1.29 is 9.90 Å². The predicted molar refractivity (Wildman–Crippen MR) is 107 cm³/mol. The lowest BCUT2D eigenvalue weighted by molar-refractivity contribution is -0.139. The van der Waals surface area contributed by atoms with Gasteiger partial charge in [0.1, 0.15) is 5.54 Å². The molecule has 0 spiro atoms. The molecule has 1 aliphatic heterocycles. The molecule has 2 N–H and O–H groups in total. The van der Waals surface area contributed by atoms with Gasteiger partial charge in [0.25, 0.3) is 0 Å². The fraction of sp³-hybridized carbons (Fsp3) is 0.696. The molecule has 1 atom stereocenters. The molecule has 4 nitrogen and oxygen atoms in total. The lowest BCUT2D eigenvalue weighted by atomic mass is 9.73. The lowest BCUT2D eigenvalue weighted by Crippen LogP contribution is -2.62. The average Bonchev–Trinajstić information content (AvgIpc) is 2.71. The zero-order valence-electron chi connectivity index (χ0n) is 16.4. The molecule has 27 heavy (non-hydrogen) atoms. The first kappa shape index (κ1) is 18.9. The number of piperidine rings is 1. The number of rotatable bonds is 5. The van der Waals surface area contributed by atoms with Crippen molar-refractivity contribution in [2.75, 3.05) is 13.1 Å². The Labute approximate surface area is 163 Å². The van der Waals surface area contributed by atoms with Gasteiger partial charge in [-0.3, -0.25) is 9.69 Å². The van der Waals surface area contributed by atoms with E-state index in [0.717, 1.165) is 51.6 Å². The Morgan fingerprint density at radius 3 is 2.26 bits per heavy atom. The molecule has 1 aromatic carbocycles. The highest BCUT2D eigenvalue weighted by Crippen LogP contribution is 2.40. The van der Waals surface area contributed by atoms with E-state index >= 15 is 0 Å². The number of nitrogens with one attached hydrogen (secondary N) is 1. The van der Waals surface area contributed by atoms with E-state index in [-0.39, 0.29) is 23.6 Å². The highest BCUT2D eigenvalue weighted by atomic mass is 16.3.